The fourth-order valence-corrected chi connectivity index (χ4v) is 2.52. The summed E-state index contributed by atoms with van der Waals surface area (Å²) in [6.45, 7) is 0. The number of amidine groups is 1. The minimum atomic E-state index is -0.00509. The van der Waals surface area contributed by atoms with Gasteiger partial charge in [-0.1, -0.05) is 72.4 Å². The number of hydrogen-bond donors (Lipinski definition) is 1. The van der Waals surface area contributed by atoms with Gasteiger partial charge >= 0.3 is 0 Å². The van der Waals surface area contributed by atoms with Crippen LogP contribution in [0.25, 0.3) is 0 Å². The summed E-state index contributed by atoms with van der Waals surface area (Å²) in [6.07, 6.45) is 1.98. The molecule has 0 bridgehead atoms. The predicted molar refractivity (Wildman–Crippen MR) is 86.2 cm³/mol. The van der Waals surface area contributed by atoms with Crippen molar-refractivity contribution >= 4 is 22.6 Å². The van der Waals surface area contributed by atoms with Gasteiger partial charge in [0, 0.05) is 0 Å². The van der Waals surface area contributed by atoms with Crippen LogP contribution in [0.3, 0.4) is 0 Å². The molecule has 0 radical (unpaired) electrons. The fourth-order valence-electron chi connectivity index (χ4n) is 2.18. The molecule has 100 valence electrons. The van der Waals surface area contributed by atoms with Gasteiger partial charge in [-0.2, -0.15) is 5.10 Å². The molecule has 0 spiro atoms. The monoisotopic (exact) mass is 281 g/mol. The van der Waals surface area contributed by atoms with Crippen LogP contribution in [-0.4, -0.2) is 17.1 Å². The van der Waals surface area contributed by atoms with Crippen LogP contribution in [0.15, 0.2) is 70.8 Å². The lowest BCUT2D eigenvalue weighted by atomic mass is 9.97. The van der Waals surface area contributed by atoms with E-state index in [1.165, 1.54) is 5.56 Å². The van der Waals surface area contributed by atoms with E-state index < -0.39 is 0 Å². The Balaban J connectivity index is 2.03. The molecule has 4 heteroatoms. The molecule has 1 aliphatic heterocycles. The van der Waals surface area contributed by atoms with Gasteiger partial charge in [-0.15, -0.1) is 0 Å². The molecule has 0 aromatic heterocycles. The molecule has 1 atom stereocenters. The first kappa shape index (κ1) is 12.9. The van der Waals surface area contributed by atoms with Crippen LogP contribution in [0.5, 0.6) is 0 Å². The number of hydrazone groups is 1. The van der Waals surface area contributed by atoms with Gasteiger partial charge in [0.25, 0.3) is 0 Å². The van der Waals surface area contributed by atoms with E-state index in [9.17, 15) is 0 Å². The van der Waals surface area contributed by atoms with Crippen LogP contribution in [0.2, 0.25) is 0 Å². The number of thioether (sulfide) groups is 1. The number of hydrogen-bond acceptors (Lipinski definition) is 4. The van der Waals surface area contributed by atoms with Crippen molar-refractivity contribution in [2.45, 2.75) is 6.04 Å². The Kier molecular flexibility index (Phi) is 3.83. The first-order chi connectivity index (χ1) is 9.88. The van der Waals surface area contributed by atoms with E-state index in [4.69, 9.17) is 4.99 Å². The summed E-state index contributed by atoms with van der Waals surface area (Å²) in [5, 5.41) is 5.08. The van der Waals surface area contributed by atoms with Crippen molar-refractivity contribution in [2.75, 3.05) is 6.26 Å². The Morgan fingerprint density at radius 2 is 1.60 bits per heavy atom. The average molecular weight is 281 g/mol. The lowest BCUT2D eigenvalue weighted by molar-refractivity contribution is 0.680. The summed E-state index contributed by atoms with van der Waals surface area (Å²) in [5.74, 6) is 0. The van der Waals surface area contributed by atoms with Crippen molar-refractivity contribution in [1.82, 2.24) is 5.43 Å². The molecule has 3 nitrogen and oxygen atoms in total. The van der Waals surface area contributed by atoms with Crippen LogP contribution >= 0.6 is 11.8 Å². The van der Waals surface area contributed by atoms with Gasteiger partial charge in [0.1, 0.15) is 6.04 Å². The van der Waals surface area contributed by atoms with Gasteiger partial charge < -0.3 is 0 Å². The van der Waals surface area contributed by atoms with Gasteiger partial charge in [-0.3, -0.25) is 5.43 Å². The van der Waals surface area contributed by atoms with Gasteiger partial charge in [-0.05, 0) is 17.4 Å². The molecule has 0 fully saturated rings. The average Bonchev–Trinajstić information content (AvgIpc) is 2.56. The van der Waals surface area contributed by atoms with Crippen LogP contribution in [0, 0.1) is 0 Å². The zero-order chi connectivity index (χ0) is 13.8. The quantitative estimate of drug-likeness (QED) is 0.915. The van der Waals surface area contributed by atoms with E-state index in [0.29, 0.717) is 0 Å². The highest BCUT2D eigenvalue weighted by Gasteiger charge is 2.23. The second kappa shape index (κ2) is 5.92. The lowest BCUT2D eigenvalue weighted by Crippen LogP contribution is -2.30. The SMILES string of the molecule is CSC1=NNC(c2ccccc2)C(c2ccccc2)=N1. The van der Waals surface area contributed by atoms with E-state index in [1.54, 1.807) is 11.8 Å². The Morgan fingerprint density at radius 3 is 2.25 bits per heavy atom. The zero-order valence-corrected chi connectivity index (χ0v) is 12.0. The van der Waals surface area contributed by atoms with Crippen molar-refractivity contribution in [1.29, 1.82) is 0 Å². The normalized spacial score (nSPS) is 17.9. The summed E-state index contributed by atoms with van der Waals surface area (Å²) in [7, 11) is 0. The standard InChI is InChI=1S/C16H15N3S/c1-20-16-17-14(12-8-4-2-5-9-12)15(18-19-16)13-10-6-3-7-11-13/h2-11,15,18H,1H3. The predicted octanol–water partition coefficient (Wildman–Crippen LogP) is 3.45. The first-order valence-corrected chi connectivity index (χ1v) is 7.67. The molecular formula is C16H15N3S. The van der Waals surface area contributed by atoms with Crippen molar-refractivity contribution in [2.24, 2.45) is 10.1 Å². The third-order valence-electron chi connectivity index (χ3n) is 3.16. The number of aliphatic imine (C=N–C) groups is 1. The third kappa shape index (κ3) is 2.60. The fraction of sp³-hybridized carbons (Fsp3) is 0.125. The maximum absolute atomic E-state index is 4.70. The molecule has 0 aliphatic carbocycles. The summed E-state index contributed by atoms with van der Waals surface area (Å²) in [4.78, 5) is 4.70. The van der Waals surface area contributed by atoms with Gasteiger partial charge in [0.15, 0.2) is 0 Å². The molecule has 0 saturated carbocycles. The second-order valence-corrected chi connectivity index (χ2v) is 5.21. The van der Waals surface area contributed by atoms with Gasteiger partial charge in [-0.25, -0.2) is 4.99 Å². The van der Waals surface area contributed by atoms with Crippen molar-refractivity contribution < 1.29 is 0 Å². The van der Waals surface area contributed by atoms with E-state index in [-0.39, 0.29) is 6.04 Å². The number of rotatable bonds is 2. The molecule has 3 rings (SSSR count). The minimum Gasteiger partial charge on any atom is -0.294 e. The second-order valence-electron chi connectivity index (χ2n) is 4.43. The van der Waals surface area contributed by atoms with Crippen molar-refractivity contribution in [3.05, 3.63) is 71.8 Å². The number of benzene rings is 2. The topological polar surface area (TPSA) is 36.8 Å². The van der Waals surface area contributed by atoms with Crippen LogP contribution in [-0.2, 0) is 0 Å². The summed E-state index contributed by atoms with van der Waals surface area (Å²) >= 11 is 1.54. The van der Waals surface area contributed by atoms with Crippen molar-refractivity contribution in [3.63, 3.8) is 0 Å². The highest BCUT2D eigenvalue weighted by molar-refractivity contribution is 8.13. The molecule has 1 aliphatic rings. The zero-order valence-electron chi connectivity index (χ0n) is 11.2. The Bertz CT molecular complexity index is 635. The molecule has 2 aromatic carbocycles. The van der Waals surface area contributed by atoms with Crippen LogP contribution in [0.4, 0.5) is 0 Å². The summed E-state index contributed by atoms with van der Waals surface area (Å²) in [6, 6.07) is 20.5. The molecule has 2 aromatic rings. The molecular weight excluding hydrogens is 266 g/mol. The third-order valence-corrected chi connectivity index (χ3v) is 3.71. The van der Waals surface area contributed by atoms with Crippen LogP contribution < -0.4 is 5.43 Å². The largest absolute Gasteiger partial charge is 0.294 e. The summed E-state index contributed by atoms with van der Waals surface area (Å²) in [5.41, 5.74) is 6.52. The van der Waals surface area contributed by atoms with E-state index in [2.05, 4.69) is 34.8 Å². The smallest absolute Gasteiger partial charge is 0.206 e. The first-order valence-electron chi connectivity index (χ1n) is 6.44. The molecule has 20 heavy (non-hydrogen) atoms. The Morgan fingerprint density at radius 1 is 0.950 bits per heavy atom. The molecule has 1 N–H and O–H groups in total. The van der Waals surface area contributed by atoms with Gasteiger partial charge in [0.05, 0.1) is 5.71 Å². The van der Waals surface area contributed by atoms with E-state index in [1.807, 2.05) is 42.7 Å². The van der Waals surface area contributed by atoms with E-state index in [0.717, 1.165) is 16.4 Å². The van der Waals surface area contributed by atoms with Crippen LogP contribution in [0.1, 0.15) is 17.2 Å². The molecule has 1 heterocycles. The van der Waals surface area contributed by atoms with Gasteiger partial charge in [0.2, 0.25) is 5.17 Å². The maximum atomic E-state index is 4.70. The minimum absolute atomic E-state index is 0.00509. The van der Waals surface area contributed by atoms with E-state index >= 15 is 0 Å². The number of nitrogens with one attached hydrogen (secondary N) is 1. The number of nitrogens with zero attached hydrogens (tertiary/aromatic N) is 2. The highest BCUT2D eigenvalue weighted by atomic mass is 32.2. The molecule has 0 amide bonds. The maximum Gasteiger partial charge on any atom is 0.206 e. The lowest BCUT2D eigenvalue weighted by Gasteiger charge is -2.23. The molecule has 1 unspecified atom stereocenters. The summed E-state index contributed by atoms with van der Waals surface area (Å²) < 4.78 is 0. The molecule has 0 saturated heterocycles. The Hall–Kier alpha value is -2.07. The highest BCUT2D eigenvalue weighted by Crippen LogP contribution is 2.23. The Labute approximate surface area is 122 Å². The van der Waals surface area contributed by atoms with Crippen molar-refractivity contribution in [3.8, 4) is 0 Å².